The maximum Gasteiger partial charge on any atom is 0.407 e. The molecule has 1 aliphatic rings. The van der Waals surface area contributed by atoms with Crippen LogP contribution in [0.2, 0.25) is 0 Å². The number of rotatable bonds is 5. The van der Waals surface area contributed by atoms with Crippen LogP contribution in [0.4, 0.5) is 4.79 Å². The maximum absolute atomic E-state index is 13.9. The largest absolute Gasteiger partial charge is 0.493 e. The van der Waals surface area contributed by atoms with Gasteiger partial charge in [-0.05, 0) is 6.07 Å². The zero-order valence-corrected chi connectivity index (χ0v) is 20.5. The van der Waals surface area contributed by atoms with Gasteiger partial charge in [0, 0.05) is 44.2 Å². The first kappa shape index (κ1) is 24.1. The van der Waals surface area contributed by atoms with Crippen LogP contribution in [0.5, 0.6) is 5.75 Å². The van der Waals surface area contributed by atoms with Gasteiger partial charge >= 0.3 is 6.09 Å². The molecule has 3 heterocycles. The highest BCUT2D eigenvalue weighted by molar-refractivity contribution is 6.12. The van der Waals surface area contributed by atoms with Crippen molar-refractivity contribution < 1.29 is 24.2 Å². The zero-order valence-electron chi connectivity index (χ0n) is 20.5. The number of amides is 2. The number of aryl methyl sites for hydroxylation is 1. The number of nitrogens with zero attached hydrogens (tertiary/aromatic N) is 4. The van der Waals surface area contributed by atoms with Gasteiger partial charge in [0.1, 0.15) is 5.39 Å². The highest BCUT2D eigenvalue weighted by Crippen LogP contribution is 2.35. The summed E-state index contributed by atoms with van der Waals surface area (Å²) in [7, 11) is 3.11. The first-order valence-corrected chi connectivity index (χ1v) is 11.9. The number of benzene rings is 2. The molecule has 2 amide bonds. The lowest BCUT2D eigenvalue weighted by atomic mass is 10.1. The molecule has 0 aliphatic carbocycles. The molecular weight excluding hydrogens is 476 g/mol. The first-order chi connectivity index (χ1) is 17.8. The number of carboxylic acid groups (broad SMARTS) is 1. The Bertz CT molecular complexity index is 1600. The van der Waals surface area contributed by atoms with Gasteiger partial charge in [0.05, 0.1) is 24.7 Å². The summed E-state index contributed by atoms with van der Waals surface area (Å²) in [6, 6.07) is 16.0. The minimum absolute atomic E-state index is 0.139. The number of carbonyl (C=O) groups is 3. The van der Waals surface area contributed by atoms with Crippen molar-refractivity contribution in [3.8, 4) is 5.75 Å². The van der Waals surface area contributed by atoms with E-state index in [-0.39, 0.29) is 61.2 Å². The molecule has 1 aliphatic heterocycles. The molecule has 0 atom stereocenters. The van der Waals surface area contributed by atoms with E-state index in [0.29, 0.717) is 22.0 Å². The number of carbonyl (C=O) groups excluding carboxylic acids is 2. The highest BCUT2D eigenvalue weighted by atomic mass is 16.5. The average Bonchev–Trinajstić information content (AvgIpc) is 3.23. The average molecular weight is 503 g/mol. The fraction of sp³-hybridized carbons (Fsp3) is 0.259. The molecule has 0 spiro atoms. The van der Waals surface area contributed by atoms with Gasteiger partial charge in [-0.3, -0.25) is 19.0 Å². The summed E-state index contributed by atoms with van der Waals surface area (Å²) in [4.78, 5) is 54.7. The molecule has 0 unspecified atom stereocenters. The number of para-hydroxylation sites is 1. The Balaban J connectivity index is 1.66. The van der Waals surface area contributed by atoms with Crippen molar-refractivity contribution in [3.05, 3.63) is 76.2 Å². The number of Topliss-reactive ketones (excluding diaryl/α,β-unsaturated/α-hetero) is 1. The van der Waals surface area contributed by atoms with Crippen LogP contribution in [0, 0.1) is 0 Å². The Morgan fingerprint density at radius 1 is 0.919 bits per heavy atom. The molecule has 4 aromatic rings. The summed E-state index contributed by atoms with van der Waals surface area (Å²) in [6.07, 6.45) is -1.02. The van der Waals surface area contributed by atoms with Crippen LogP contribution >= 0.6 is 0 Å². The van der Waals surface area contributed by atoms with Gasteiger partial charge in [-0.15, -0.1) is 0 Å². The van der Waals surface area contributed by atoms with Crippen molar-refractivity contribution in [1.82, 2.24) is 18.9 Å². The number of ketones is 1. The molecule has 37 heavy (non-hydrogen) atoms. The molecule has 1 saturated heterocycles. The predicted octanol–water partition coefficient (Wildman–Crippen LogP) is 2.82. The minimum Gasteiger partial charge on any atom is -0.493 e. The van der Waals surface area contributed by atoms with Crippen LogP contribution < -0.4 is 10.3 Å². The number of hydrogen-bond acceptors (Lipinski definition) is 5. The molecule has 2 aromatic carbocycles. The molecular formula is C27H26N4O6. The number of hydrogen-bond donors (Lipinski definition) is 1. The Hall–Kier alpha value is -4.60. The fourth-order valence-corrected chi connectivity index (χ4v) is 5.03. The summed E-state index contributed by atoms with van der Waals surface area (Å²) in [5.41, 5.74) is 1.38. The fourth-order valence-electron chi connectivity index (χ4n) is 5.03. The van der Waals surface area contributed by atoms with Crippen molar-refractivity contribution >= 4 is 39.6 Å². The topological polar surface area (TPSA) is 114 Å². The molecule has 0 saturated carbocycles. The number of fused-ring (bicyclic) bond motifs is 3. The smallest absolute Gasteiger partial charge is 0.407 e. The second-order valence-electron chi connectivity index (χ2n) is 8.92. The van der Waals surface area contributed by atoms with Crippen molar-refractivity contribution in [2.45, 2.75) is 6.54 Å². The minimum atomic E-state index is -1.02. The lowest BCUT2D eigenvalue weighted by Crippen LogP contribution is -2.50. The molecule has 10 nitrogen and oxygen atoms in total. The first-order valence-electron chi connectivity index (χ1n) is 11.9. The van der Waals surface area contributed by atoms with E-state index < -0.39 is 11.7 Å². The number of pyridine rings is 1. The molecule has 190 valence electrons. The predicted molar refractivity (Wildman–Crippen MR) is 138 cm³/mol. The van der Waals surface area contributed by atoms with Crippen LogP contribution in [0.25, 0.3) is 21.8 Å². The quantitative estimate of drug-likeness (QED) is 0.420. The van der Waals surface area contributed by atoms with Crippen molar-refractivity contribution in [2.75, 3.05) is 33.3 Å². The SMILES string of the molecule is COc1c(C(=O)N2CCN(C(=O)O)CC2)n(C)c2c1c(=O)n(CC(=O)c1ccccc1)c1ccccc21. The van der Waals surface area contributed by atoms with E-state index >= 15 is 0 Å². The summed E-state index contributed by atoms with van der Waals surface area (Å²) in [5.74, 6) is -0.425. The lowest BCUT2D eigenvalue weighted by Gasteiger charge is -2.33. The molecule has 1 N–H and O–H groups in total. The van der Waals surface area contributed by atoms with E-state index in [0.717, 1.165) is 0 Å². The van der Waals surface area contributed by atoms with Gasteiger partial charge in [-0.2, -0.15) is 0 Å². The third-order valence-electron chi connectivity index (χ3n) is 6.90. The number of ether oxygens (including phenoxy) is 1. The van der Waals surface area contributed by atoms with Crippen LogP contribution in [0.15, 0.2) is 59.4 Å². The van der Waals surface area contributed by atoms with Crippen LogP contribution in [0.3, 0.4) is 0 Å². The van der Waals surface area contributed by atoms with Crippen LogP contribution in [-0.4, -0.2) is 75.1 Å². The summed E-state index contributed by atoms with van der Waals surface area (Å²) in [6.45, 7) is 0.686. The molecule has 0 bridgehead atoms. The second kappa shape index (κ2) is 9.45. The van der Waals surface area contributed by atoms with Crippen molar-refractivity contribution in [3.63, 3.8) is 0 Å². The van der Waals surface area contributed by atoms with E-state index in [4.69, 9.17) is 4.74 Å². The third-order valence-corrected chi connectivity index (χ3v) is 6.90. The Labute approximate surface area is 211 Å². The van der Waals surface area contributed by atoms with Gasteiger partial charge in [0.25, 0.3) is 11.5 Å². The zero-order chi connectivity index (χ0) is 26.3. The maximum atomic E-state index is 13.9. The van der Waals surface area contributed by atoms with Crippen molar-refractivity contribution in [2.24, 2.45) is 7.05 Å². The van der Waals surface area contributed by atoms with E-state index in [1.165, 1.54) is 16.6 Å². The monoisotopic (exact) mass is 502 g/mol. The van der Waals surface area contributed by atoms with Gasteiger partial charge in [0.15, 0.2) is 17.2 Å². The van der Waals surface area contributed by atoms with Crippen molar-refractivity contribution in [1.29, 1.82) is 0 Å². The van der Waals surface area contributed by atoms with Crippen LogP contribution in [0.1, 0.15) is 20.8 Å². The standard InChI is InChI=1S/C27H26N4O6/c1-28-22-18-10-6-7-11-19(18)31(16-20(32)17-8-4-3-5-9-17)25(33)21(22)24(37-2)23(28)26(34)29-12-14-30(15-13-29)27(35)36/h3-11H,12-16H2,1-2H3,(H,35,36). The summed E-state index contributed by atoms with van der Waals surface area (Å²) >= 11 is 0. The Morgan fingerprint density at radius 3 is 2.19 bits per heavy atom. The van der Waals surface area contributed by atoms with E-state index in [2.05, 4.69) is 0 Å². The molecule has 0 radical (unpaired) electrons. The number of methoxy groups -OCH3 is 1. The molecule has 2 aromatic heterocycles. The van der Waals surface area contributed by atoms with E-state index in [9.17, 15) is 24.3 Å². The molecule has 10 heteroatoms. The number of piperazine rings is 1. The lowest BCUT2D eigenvalue weighted by molar-refractivity contribution is 0.0613. The van der Waals surface area contributed by atoms with Crippen LogP contribution in [-0.2, 0) is 13.6 Å². The molecule has 5 rings (SSSR count). The summed E-state index contributed by atoms with van der Waals surface area (Å²) < 4.78 is 8.74. The van der Waals surface area contributed by atoms with Gasteiger partial charge in [-0.25, -0.2) is 4.79 Å². The highest BCUT2D eigenvalue weighted by Gasteiger charge is 2.32. The van der Waals surface area contributed by atoms with E-state index in [1.807, 2.05) is 18.2 Å². The van der Waals surface area contributed by atoms with E-state index in [1.54, 1.807) is 52.9 Å². The second-order valence-corrected chi connectivity index (χ2v) is 8.92. The van der Waals surface area contributed by atoms with Gasteiger partial charge in [0.2, 0.25) is 0 Å². The molecule has 1 fully saturated rings. The van der Waals surface area contributed by atoms with Gasteiger partial charge < -0.3 is 24.2 Å². The normalized spacial score (nSPS) is 13.8. The third kappa shape index (κ3) is 4.00. The van der Waals surface area contributed by atoms with Gasteiger partial charge in [-0.1, -0.05) is 48.5 Å². The Kier molecular flexibility index (Phi) is 6.16. The Morgan fingerprint density at radius 2 is 1.54 bits per heavy atom. The summed E-state index contributed by atoms with van der Waals surface area (Å²) in [5, 5.41) is 10.2. The number of aromatic nitrogens is 2.